The first-order chi connectivity index (χ1) is 12.0. The Labute approximate surface area is 157 Å². The van der Waals surface area contributed by atoms with Gasteiger partial charge in [-0.1, -0.05) is 15.9 Å². The number of ether oxygens (including phenoxy) is 1. The molecule has 0 radical (unpaired) electrons. The number of rotatable bonds is 5. The van der Waals surface area contributed by atoms with Crippen LogP contribution in [0.3, 0.4) is 0 Å². The van der Waals surface area contributed by atoms with Crippen LogP contribution in [0.15, 0.2) is 57.9 Å². The van der Waals surface area contributed by atoms with Gasteiger partial charge in [-0.05, 0) is 61.4 Å². The number of sulfonamides is 1. The van der Waals surface area contributed by atoms with Crippen LogP contribution in [-0.2, 0) is 10.0 Å². The molecule has 1 N–H and O–H groups in total. The van der Waals surface area contributed by atoms with E-state index in [-0.39, 0.29) is 6.04 Å². The summed E-state index contributed by atoms with van der Waals surface area (Å²) >= 11 is 3.32. The third-order valence-corrected chi connectivity index (χ3v) is 6.44. The van der Waals surface area contributed by atoms with E-state index in [1.807, 2.05) is 24.3 Å². The topological polar surface area (TPSA) is 58.6 Å². The molecule has 134 valence electrons. The van der Waals surface area contributed by atoms with E-state index < -0.39 is 10.0 Å². The van der Waals surface area contributed by atoms with E-state index in [9.17, 15) is 8.42 Å². The van der Waals surface area contributed by atoms with Crippen molar-refractivity contribution in [2.24, 2.45) is 0 Å². The lowest BCUT2D eigenvalue weighted by Crippen LogP contribution is -2.44. The molecule has 0 saturated carbocycles. The van der Waals surface area contributed by atoms with E-state index in [0.717, 1.165) is 41.8 Å². The van der Waals surface area contributed by atoms with Gasteiger partial charge in [0.05, 0.1) is 12.0 Å². The lowest BCUT2D eigenvalue weighted by atomic mass is 10.1. The van der Waals surface area contributed by atoms with E-state index in [0.29, 0.717) is 4.90 Å². The van der Waals surface area contributed by atoms with Crippen molar-refractivity contribution in [1.29, 1.82) is 0 Å². The van der Waals surface area contributed by atoms with Gasteiger partial charge < -0.3 is 9.64 Å². The number of halogens is 1. The Balaban J connectivity index is 1.59. The molecule has 1 saturated heterocycles. The van der Waals surface area contributed by atoms with Crippen molar-refractivity contribution in [2.75, 3.05) is 25.1 Å². The van der Waals surface area contributed by atoms with Crippen LogP contribution in [-0.4, -0.2) is 34.7 Å². The average Bonchev–Trinajstić information content (AvgIpc) is 2.62. The van der Waals surface area contributed by atoms with Gasteiger partial charge in [0, 0.05) is 29.3 Å². The molecule has 0 aromatic heterocycles. The summed E-state index contributed by atoms with van der Waals surface area (Å²) in [5, 5.41) is 0. The van der Waals surface area contributed by atoms with Gasteiger partial charge >= 0.3 is 0 Å². The minimum Gasteiger partial charge on any atom is -0.497 e. The zero-order chi connectivity index (χ0) is 17.9. The van der Waals surface area contributed by atoms with Crippen molar-refractivity contribution >= 4 is 31.6 Å². The Morgan fingerprint density at radius 2 is 1.64 bits per heavy atom. The van der Waals surface area contributed by atoms with Gasteiger partial charge in [0.15, 0.2) is 0 Å². The minimum atomic E-state index is -3.47. The van der Waals surface area contributed by atoms with Gasteiger partial charge in [-0.15, -0.1) is 0 Å². The van der Waals surface area contributed by atoms with Gasteiger partial charge in [0.1, 0.15) is 5.75 Å². The molecule has 0 bridgehead atoms. The molecule has 3 rings (SSSR count). The number of piperidine rings is 1. The molecule has 0 aliphatic carbocycles. The highest BCUT2D eigenvalue weighted by molar-refractivity contribution is 9.10. The summed E-state index contributed by atoms with van der Waals surface area (Å²) in [6.45, 7) is 1.64. The molecule has 0 spiro atoms. The standard InChI is InChI=1S/C18H21BrN2O3S/c1-24-17-6-4-16(5-7-17)21-12-10-15(11-13-21)20-25(22,23)18-8-2-14(19)3-9-18/h2-9,15,20H,10-13H2,1H3. The monoisotopic (exact) mass is 424 g/mol. The predicted molar refractivity (Wildman–Crippen MR) is 103 cm³/mol. The quantitative estimate of drug-likeness (QED) is 0.798. The highest BCUT2D eigenvalue weighted by Crippen LogP contribution is 2.23. The zero-order valence-electron chi connectivity index (χ0n) is 14.0. The second-order valence-electron chi connectivity index (χ2n) is 6.03. The Hall–Kier alpha value is -1.57. The predicted octanol–water partition coefficient (Wildman–Crippen LogP) is 3.41. The third-order valence-electron chi connectivity index (χ3n) is 4.38. The molecule has 7 heteroatoms. The fourth-order valence-corrected chi connectivity index (χ4v) is 4.52. The zero-order valence-corrected chi connectivity index (χ0v) is 16.4. The highest BCUT2D eigenvalue weighted by atomic mass is 79.9. The molecule has 25 heavy (non-hydrogen) atoms. The Morgan fingerprint density at radius 3 is 2.20 bits per heavy atom. The molecule has 2 aromatic rings. The van der Waals surface area contributed by atoms with Gasteiger partial charge in [-0.2, -0.15) is 0 Å². The van der Waals surface area contributed by atoms with Crippen molar-refractivity contribution in [3.8, 4) is 5.75 Å². The number of anilines is 1. The summed E-state index contributed by atoms with van der Waals surface area (Å²) < 4.78 is 33.8. The maximum atomic E-state index is 12.5. The molecule has 0 amide bonds. The lowest BCUT2D eigenvalue weighted by molar-refractivity contribution is 0.414. The normalized spacial score (nSPS) is 16.0. The van der Waals surface area contributed by atoms with Crippen LogP contribution in [0, 0.1) is 0 Å². The molecule has 2 aromatic carbocycles. The molecule has 1 fully saturated rings. The van der Waals surface area contributed by atoms with E-state index >= 15 is 0 Å². The third kappa shape index (κ3) is 4.54. The molecular formula is C18H21BrN2O3S. The smallest absolute Gasteiger partial charge is 0.240 e. The van der Waals surface area contributed by atoms with Crippen LogP contribution < -0.4 is 14.4 Å². The number of nitrogens with zero attached hydrogens (tertiary/aromatic N) is 1. The van der Waals surface area contributed by atoms with E-state index in [2.05, 4.69) is 25.6 Å². The van der Waals surface area contributed by atoms with Crippen molar-refractivity contribution in [1.82, 2.24) is 4.72 Å². The first-order valence-corrected chi connectivity index (χ1v) is 10.4. The Morgan fingerprint density at radius 1 is 1.04 bits per heavy atom. The van der Waals surface area contributed by atoms with Crippen molar-refractivity contribution < 1.29 is 13.2 Å². The van der Waals surface area contributed by atoms with Gasteiger partial charge in [0.2, 0.25) is 10.0 Å². The van der Waals surface area contributed by atoms with Crippen LogP contribution in [0.5, 0.6) is 5.75 Å². The fraction of sp³-hybridized carbons (Fsp3) is 0.333. The summed E-state index contributed by atoms with van der Waals surface area (Å²) in [5.41, 5.74) is 1.13. The van der Waals surface area contributed by atoms with Crippen molar-refractivity contribution in [2.45, 2.75) is 23.8 Å². The number of methoxy groups -OCH3 is 1. The van der Waals surface area contributed by atoms with Gasteiger partial charge in [-0.3, -0.25) is 0 Å². The van der Waals surface area contributed by atoms with E-state index in [1.165, 1.54) is 0 Å². The van der Waals surface area contributed by atoms with Crippen molar-refractivity contribution in [3.05, 3.63) is 53.0 Å². The molecule has 1 aliphatic heterocycles. The summed E-state index contributed by atoms with van der Waals surface area (Å²) in [5.74, 6) is 0.834. The highest BCUT2D eigenvalue weighted by Gasteiger charge is 2.24. The number of hydrogen-bond acceptors (Lipinski definition) is 4. The van der Waals surface area contributed by atoms with E-state index in [1.54, 1.807) is 31.4 Å². The number of benzene rings is 2. The molecule has 0 atom stereocenters. The number of nitrogens with one attached hydrogen (secondary N) is 1. The summed E-state index contributed by atoms with van der Waals surface area (Å²) in [7, 11) is -1.82. The summed E-state index contributed by atoms with van der Waals surface area (Å²) in [4.78, 5) is 2.57. The van der Waals surface area contributed by atoms with Gasteiger partial charge in [0.25, 0.3) is 0 Å². The number of hydrogen-bond donors (Lipinski definition) is 1. The van der Waals surface area contributed by atoms with Crippen LogP contribution in [0.25, 0.3) is 0 Å². The molecule has 1 heterocycles. The van der Waals surface area contributed by atoms with E-state index in [4.69, 9.17) is 4.74 Å². The van der Waals surface area contributed by atoms with Crippen LogP contribution in [0.2, 0.25) is 0 Å². The Kier molecular flexibility index (Phi) is 5.66. The second kappa shape index (κ2) is 7.76. The summed E-state index contributed by atoms with van der Waals surface area (Å²) in [6, 6.07) is 14.6. The Bertz CT molecular complexity index is 799. The van der Waals surface area contributed by atoms with Crippen LogP contribution in [0.4, 0.5) is 5.69 Å². The minimum absolute atomic E-state index is 0.0388. The van der Waals surface area contributed by atoms with Crippen LogP contribution >= 0.6 is 15.9 Å². The van der Waals surface area contributed by atoms with Crippen molar-refractivity contribution in [3.63, 3.8) is 0 Å². The molecule has 5 nitrogen and oxygen atoms in total. The average molecular weight is 425 g/mol. The first-order valence-electron chi connectivity index (χ1n) is 8.15. The van der Waals surface area contributed by atoms with Gasteiger partial charge in [-0.25, -0.2) is 13.1 Å². The SMILES string of the molecule is COc1ccc(N2CCC(NS(=O)(=O)c3ccc(Br)cc3)CC2)cc1. The fourth-order valence-electron chi connectivity index (χ4n) is 2.95. The molecule has 1 aliphatic rings. The largest absolute Gasteiger partial charge is 0.497 e. The first kappa shape index (κ1) is 18.2. The lowest BCUT2D eigenvalue weighted by Gasteiger charge is -2.33. The molecular weight excluding hydrogens is 404 g/mol. The summed E-state index contributed by atoms with van der Waals surface area (Å²) in [6.07, 6.45) is 1.56. The maximum Gasteiger partial charge on any atom is 0.240 e. The molecule has 0 unspecified atom stereocenters. The second-order valence-corrected chi connectivity index (χ2v) is 8.66. The van der Waals surface area contributed by atoms with Crippen LogP contribution in [0.1, 0.15) is 12.8 Å². The maximum absolute atomic E-state index is 12.5.